The van der Waals surface area contributed by atoms with Crippen molar-refractivity contribution in [1.29, 1.82) is 0 Å². The molecule has 4 aromatic rings. The number of anilines is 2. The van der Waals surface area contributed by atoms with E-state index in [0.29, 0.717) is 16.7 Å². The van der Waals surface area contributed by atoms with Crippen molar-refractivity contribution in [2.75, 3.05) is 10.6 Å². The van der Waals surface area contributed by atoms with Crippen LogP contribution in [-0.2, 0) is 6.61 Å². The highest BCUT2D eigenvalue weighted by molar-refractivity contribution is 7.80. The highest BCUT2D eigenvalue weighted by atomic mass is 35.5. The zero-order chi connectivity index (χ0) is 19.3. The van der Waals surface area contributed by atoms with Gasteiger partial charge in [0.25, 0.3) is 0 Å². The molecule has 0 amide bonds. The lowest BCUT2D eigenvalue weighted by molar-refractivity contribution is 0.297. The van der Waals surface area contributed by atoms with Gasteiger partial charge < -0.3 is 20.4 Å². The quantitative estimate of drug-likeness (QED) is 0.375. The van der Waals surface area contributed by atoms with Gasteiger partial charge in [0, 0.05) is 16.4 Å². The van der Waals surface area contributed by atoms with Gasteiger partial charge in [0.1, 0.15) is 18.2 Å². The third-order valence-electron chi connectivity index (χ3n) is 4.01. The Labute approximate surface area is 172 Å². The van der Waals surface area contributed by atoms with Gasteiger partial charge in [-0.3, -0.25) is 0 Å². The lowest BCUT2D eigenvalue weighted by Crippen LogP contribution is -2.18. The number of aromatic amines is 1. The van der Waals surface area contributed by atoms with Crippen molar-refractivity contribution in [3.63, 3.8) is 0 Å². The molecule has 0 aliphatic rings. The van der Waals surface area contributed by atoms with Crippen LogP contribution in [-0.4, -0.2) is 15.1 Å². The van der Waals surface area contributed by atoms with Gasteiger partial charge in [-0.25, -0.2) is 4.98 Å². The standard InChI is InChI=1S/C21H17ClN4OS/c22-14-6-11-18-19(12-14)26-20(25-18)13-27-17-9-7-16(8-10-17)24-21(28)23-15-4-2-1-3-5-15/h1-12H,13H2,(H,25,26)(H2,23,24,28). The van der Waals surface area contributed by atoms with E-state index in [-0.39, 0.29) is 0 Å². The van der Waals surface area contributed by atoms with Crippen molar-refractivity contribution >= 4 is 51.3 Å². The molecule has 140 valence electrons. The van der Waals surface area contributed by atoms with Gasteiger partial charge >= 0.3 is 0 Å². The monoisotopic (exact) mass is 408 g/mol. The Hall–Kier alpha value is -3.09. The zero-order valence-corrected chi connectivity index (χ0v) is 16.3. The van der Waals surface area contributed by atoms with Crippen LogP contribution < -0.4 is 15.4 Å². The van der Waals surface area contributed by atoms with Crippen molar-refractivity contribution in [3.8, 4) is 5.75 Å². The SMILES string of the molecule is S=C(Nc1ccccc1)Nc1ccc(OCc2nc3ccc(Cl)cc3[nH]2)cc1. The summed E-state index contributed by atoms with van der Waals surface area (Å²) < 4.78 is 5.80. The summed E-state index contributed by atoms with van der Waals surface area (Å²) >= 11 is 11.3. The largest absolute Gasteiger partial charge is 0.486 e. The Kier molecular flexibility index (Phi) is 5.41. The Balaban J connectivity index is 1.33. The topological polar surface area (TPSA) is 62.0 Å². The number of rotatable bonds is 5. The van der Waals surface area contributed by atoms with Crippen molar-refractivity contribution in [3.05, 3.63) is 83.6 Å². The molecule has 0 spiro atoms. The minimum absolute atomic E-state index is 0.340. The molecule has 0 atom stereocenters. The van der Waals surface area contributed by atoms with E-state index < -0.39 is 0 Å². The number of hydrogen-bond donors (Lipinski definition) is 3. The first-order valence-corrected chi connectivity index (χ1v) is 9.44. The zero-order valence-electron chi connectivity index (χ0n) is 14.8. The first-order valence-electron chi connectivity index (χ1n) is 8.66. The molecule has 28 heavy (non-hydrogen) atoms. The molecule has 0 saturated carbocycles. The van der Waals surface area contributed by atoms with Gasteiger partial charge in [0.15, 0.2) is 5.11 Å². The Bertz CT molecular complexity index is 1100. The summed E-state index contributed by atoms with van der Waals surface area (Å²) in [5, 5.41) is 7.48. The predicted molar refractivity (Wildman–Crippen MR) is 118 cm³/mol. The fraction of sp³-hybridized carbons (Fsp3) is 0.0476. The van der Waals surface area contributed by atoms with Crippen LogP contribution >= 0.6 is 23.8 Å². The van der Waals surface area contributed by atoms with Crippen LogP contribution in [0.2, 0.25) is 5.02 Å². The number of ether oxygens (including phenoxy) is 1. The fourth-order valence-corrected chi connectivity index (χ4v) is 3.11. The Morgan fingerprint density at radius 2 is 1.68 bits per heavy atom. The molecule has 7 heteroatoms. The normalized spacial score (nSPS) is 10.6. The van der Waals surface area contributed by atoms with Crippen LogP contribution in [0.15, 0.2) is 72.8 Å². The highest BCUT2D eigenvalue weighted by Crippen LogP contribution is 2.20. The van der Waals surface area contributed by atoms with Gasteiger partial charge in [-0.05, 0) is 66.8 Å². The number of para-hydroxylation sites is 1. The van der Waals surface area contributed by atoms with Crippen molar-refractivity contribution in [1.82, 2.24) is 9.97 Å². The second-order valence-electron chi connectivity index (χ2n) is 6.10. The molecule has 0 fully saturated rings. The summed E-state index contributed by atoms with van der Waals surface area (Å²) in [5.74, 6) is 1.48. The maximum Gasteiger partial charge on any atom is 0.175 e. The van der Waals surface area contributed by atoms with E-state index in [1.807, 2.05) is 72.8 Å². The van der Waals surface area contributed by atoms with E-state index in [1.165, 1.54) is 0 Å². The second kappa shape index (κ2) is 8.29. The number of aromatic nitrogens is 2. The van der Waals surface area contributed by atoms with Gasteiger partial charge in [-0.15, -0.1) is 0 Å². The number of benzene rings is 3. The van der Waals surface area contributed by atoms with Crippen molar-refractivity contribution < 1.29 is 4.74 Å². The van der Waals surface area contributed by atoms with Gasteiger partial charge in [-0.2, -0.15) is 0 Å². The third kappa shape index (κ3) is 4.60. The highest BCUT2D eigenvalue weighted by Gasteiger charge is 2.05. The third-order valence-corrected chi connectivity index (χ3v) is 4.45. The molecular formula is C21H17ClN4OS. The van der Waals surface area contributed by atoms with E-state index in [0.717, 1.165) is 34.0 Å². The molecule has 0 bridgehead atoms. The number of nitrogens with zero attached hydrogens (tertiary/aromatic N) is 1. The van der Waals surface area contributed by atoms with Gasteiger partial charge in [-0.1, -0.05) is 29.8 Å². The molecule has 4 rings (SSSR count). The summed E-state index contributed by atoms with van der Waals surface area (Å²) in [6.45, 7) is 0.340. The van der Waals surface area contributed by atoms with E-state index in [2.05, 4.69) is 20.6 Å². The van der Waals surface area contributed by atoms with Crippen LogP contribution in [0.5, 0.6) is 5.75 Å². The van der Waals surface area contributed by atoms with Crippen molar-refractivity contribution in [2.45, 2.75) is 6.61 Å². The number of halogens is 1. The second-order valence-corrected chi connectivity index (χ2v) is 6.95. The lowest BCUT2D eigenvalue weighted by Gasteiger charge is -2.11. The van der Waals surface area contributed by atoms with E-state index in [4.69, 9.17) is 28.6 Å². The molecular weight excluding hydrogens is 392 g/mol. The lowest BCUT2D eigenvalue weighted by atomic mass is 10.3. The molecule has 0 unspecified atom stereocenters. The summed E-state index contributed by atoms with van der Waals surface area (Å²) in [7, 11) is 0. The van der Waals surface area contributed by atoms with E-state index in [1.54, 1.807) is 0 Å². The average Bonchev–Trinajstić information content (AvgIpc) is 3.10. The molecule has 0 radical (unpaired) electrons. The summed E-state index contributed by atoms with van der Waals surface area (Å²) in [4.78, 5) is 7.70. The maximum absolute atomic E-state index is 6.00. The summed E-state index contributed by atoms with van der Waals surface area (Å²) in [6, 6.07) is 22.9. The number of thiocarbonyl (C=S) groups is 1. The maximum atomic E-state index is 6.00. The molecule has 0 aliphatic carbocycles. The Morgan fingerprint density at radius 3 is 2.43 bits per heavy atom. The van der Waals surface area contributed by atoms with Crippen LogP contribution in [0.1, 0.15) is 5.82 Å². The van der Waals surface area contributed by atoms with Crippen molar-refractivity contribution in [2.24, 2.45) is 0 Å². The molecule has 0 aliphatic heterocycles. The molecule has 3 aromatic carbocycles. The van der Waals surface area contributed by atoms with E-state index in [9.17, 15) is 0 Å². The molecule has 1 aromatic heterocycles. The number of H-pyrrole nitrogens is 1. The van der Waals surface area contributed by atoms with Gasteiger partial charge in [0.05, 0.1) is 11.0 Å². The Morgan fingerprint density at radius 1 is 0.964 bits per heavy atom. The molecule has 0 saturated heterocycles. The van der Waals surface area contributed by atoms with Crippen LogP contribution in [0.4, 0.5) is 11.4 Å². The van der Waals surface area contributed by atoms with Gasteiger partial charge in [0.2, 0.25) is 0 Å². The fourth-order valence-electron chi connectivity index (χ4n) is 2.70. The van der Waals surface area contributed by atoms with Crippen LogP contribution in [0.25, 0.3) is 11.0 Å². The molecule has 5 nitrogen and oxygen atoms in total. The average molecular weight is 409 g/mol. The molecule has 1 heterocycles. The first kappa shape index (κ1) is 18.3. The molecule has 3 N–H and O–H groups in total. The van der Waals surface area contributed by atoms with Crippen LogP contribution in [0.3, 0.4) is 0 Å². The number of fused-ring (bicyclic) bond motifs is 1. The summed E-state index contributed by atoms with van der Waals surface area (Å²) in [6.07, 6.45) is 0. The number of nitrogens with one attached hydrogen (secondary N) is 3. The number of imidazole rings is 1. The first-order chi connectivity index (χ1) is 13.7. The predicted octanol–water partition coefficient (Wildman–Crippen LogP) is 5.60. The summed E-state index contributed by atoms with van der Waals surface area (Å²) in [5.41, 5.74) is 3.57. The van der Waals surface area contributed by atoms with E-state index >= 15 is 0 Å². The minimum atomic E-state index is 0.340. The number of hydrogen-bond acceptors (Lipinski definition) is 3. The minimum Gasteiger partial charge on any atom is -0.486 e. The smallest absolute Gasteiger partial charge is 0.175 e. The van der Waals surface area contributed by atoms with Crippen LogP contribution in [0, 0.1) is 0 Å².